The van der Waals surface area contributed by atoms with Crippen molar-refractivity contribution in [1.82, 2.24) is 0 Å². The third kappa shape index (κ3) is 4.68. The Balaban J connectivity index is 4.15. The Morgan fingerprint density at radius 3 is 2.45 bits per heavy atom. The van der Waals surface area contributed by atoms with E-state index >= 15 is 0 Å². The lowest BCUT2D eigenvalue weighted by Crippen LogP contribution is -2.00. The largest absolute Gasteiger partial charge is 0.390 e. The highest BCUT2D eigenvalue weighted by atomic mass is 32.2. The Bertz CT molecular complexity index is 179. The Kier molecular flexibility index (Phi) is 4.71. The average Bonchev–Trinajstić information content (AvgIpc) is 1.98. The SMILES string of the molecule is NS/C(N)=C(F)/C=N/C(F)F. The molecule has 0 saturated carbocycles. The van der Waals surface area contributed by atoms with Crippen molar-refractivity contribution in [2.24, 2.45) is 15.9 Å². The van der Waals surface area contributed by atoms with Gasteiger partial charge in [0.25, 0.3) is 0 Å². The predicted octanol–water partition coefficient (Wildman–Crippen LogP) is 0.984. The van der Waals surface area contributed by atoms with Gasteiger partial charge in [-0.1, -0.05) is 0 Å². The van der Waals surface area contributed by atoms with E-state index in [1.165, 1.54) is 0 Å². The van der Waals surface area contributed by atoms with Gasteiger partial charge in [0.2, 0.25) is 0 Å². The van der Waals surface area contributed by atoms with Crippen LogP contribution in [0.3, 0.4) is 0 Å². The van der Waals surface area contributed by atoms with Crippen LogP contribution in [0.15, 0.2) is 15.8 Å². The molecule has 0 unspecified atom stereocenters. The highest BCUT2D eigenvalue weighted by molar-refractivity contribution is 8.00. The van der Waals surface area contributed by atoms with Gasteiger partial charge < -0.3 is 5.73 Å². The number of hydrogen-bond donors (Lipinski definition) is 2. The number of allylic oxidation sites excluding steroid dienone is 1. The van der Waals surface area contributed by atoms with Gasteiger partial charge in [0.1, 0.15) is 5.03 Å². The van der Waals surface area contributed by atoms with E-state index in [9.17, 15) is 13.2 Å². The molecule has 0 bridgehead atoms. The van der Waals surface area contributed by atoms with E-state index in [1.807, 2.05) is 0 Å². The molecule has 0 rings (SSSR count). The predicted molar refractivity (Wildman–Crippen MR) is 38.6 cm³/mol. The third-order valence-electron chi connectivity index (χ3n) is 0.663. The van der Waals surface area contributed by atoms with Gasteiger partial charge in [-0.3, -0.25) is 5.14 Å². The van der Waals surface area contributed by atoms with Gasteiger partial charge in [0, 0.05) is 0 Å². The van der Waals surface area contributed by atoms with Gasteiger partial charge in [-0.25, -0.2) is 9.38 Å². The summed E-state index contributed by atoms with van der Waals surface area (Å²) in [5.41, 5.74) is 4.91. The first-order chi connectivity index (χ1) is 5.07. The first-order valence-corrected chi connectivity index (χ1v) is 3.29. The Labute approximate surface area is 65.5 Å². The Morgan fingerprint density at radius 2 is 2.09 bits per heavy atom. The molecule has 0 aromatic rings. The van der Waals surface area contributed by atoms with Crippen molar-refractivity contribution in [1.29, 1.82) is 0 Å². The summed E-state index contributed by atoms with van der Waals surface area (Å²) in [5, 5.41) is 4.44. The lowest BCUT2D eigenvalue weighted by Gasteiger charge is -1.93. The first-order valence-electron chi connectivity index (χ1n) is 2.41. The number of aliphatic imine (C=N–C) groups is 1. The fourth-order valence-corrected chi connectivity index (χ4v) is 0.407. The van der Waals surface area contributed by atoms with Crippen LogP contribution in [-0.2, 0) is 0 Å². The maximum absolute atomic E-state index is 12.3. The van der Waals surface area contributed by atoms with Gasteiger partial charge in [-0.2, -0.15) is 8.78 Å². The number of hydrogen-bond acceptors (Lipinski definition) is 4. The van der Waals surface area contributed by atoms with E-state index < -0.39 is 12.4 Å². The fraction of sp³-hybridized carbons (Fsp3) is 0.250. The van der Waals surface area contributed by atoms with E-state index in [-0.39, 0.29) is 5.03 Å². The summed E-state index contributed by atoms with van der Waals surface area (Å²) in [4.78, 5) is 2.45. The van der Waals surface area contributed by atoms with E-state index in [0.717, 1.165) is 0 Å². The molecule has 7 heteroatoms. The minimum absolute atomic E-state index is 0.333. The molecule has 64 valence electrons. The smallest absolute Gasteiger partial charge is 0.331 e. The summed E-state index contributed by atoms with van der Waals surface area (Å²) in [6, 6.07) is 0. The summed E-state index contributed by atoms with van der Waals surface area (Å²) in [6.07, 6.45) is 0.333. The number of halogens is 3. The van der Waals surface area contributed by atoms with Crippen molar-refractivity contribution in [3.05, 3.63) is 10.9 Å². The summed E-state index contributed by atoms with van der Waals surface area (Å²) in [5.74, 6) is -1.06. The molecule has 11 heavy (non-hydrogen) atoms. The second-order valence-corrected chi connectivity index (χ2v) is 2.06. The molecule has 0 aliphatic heterocycles. The van der Waals surface area contributed by atoms with Crippen molar-refractivity contribution in [3.63, 3.8) is 0 Å². The van der Waals surface area contributed by atoms with Crippen molar-refractivity contribution in [2.45, 2.75) is 6.55 Å². The zero-order chi connectivity index (χ0) is 8.85. The maximum Gasteiger partial charge on any atom is 0.331 e. The van der Waals surface area contributed by atoms with Gasteiger partial charge >= 0.3 is 6.55 Å². The van der Waals surface area contributed by atoms with Crippen molar-refractivity contribution in [3.8, 4) is 0 Å². The van der Waals surface area contributed by atoms with Gasteiger partial charge in [-0.15, -0.1) is 0 Å². The normalized spacial score (nSPS) is 14.3. The molecule has 4 N–H and O–H groups in total. The topological polar surface area (TPSA) is 64.4 Å². The minimum Gasteiger partial charge on any atom is -0.390 e. The molecule has 0 saturated heterocycles. The Morgan fingerprint density at radius 1 is 1.55 bits per heavy atom. The summed E-state index contributed by atoms with van der Waals surface area (Å²) >= 11 is 0.431. The number of nitrogens with zero attached hydrogens (tertiary/aromatic N) is 1. The lowest BCUT2D eigenvalue weighted by molar-refractivity contribution is 0.160. The second kappa shape index (κ2) is 5.03. The van der Waals surface area contributed by atoms with E-state index in [2.05, 4.69) is 4.99 Å². The van der Waals surface area contributed by atoms with Gasteiger partial charge in [0.15, 0.2) is 5.83 Å². The van der Waals surface area contributed by atoms with Crippen LogP contribution in [0, 0.1) is 0 Å². The molecule has 0 spiro atoms. The summed E-state index contributed by atoms with van der Waals surface area (Å²) < 4.78 is 34.9. The maximum atomic E-state index is 12.3. The van der Waals surface area contributed by atoms with E-state index in [0.29, 0.717) is 18.2 Å². The molecule has 0 fully saturated rings. The van der Waals surface area contributed by atoms with Crippen molar-refractivity contribution < 1.29 is 13.2 Å². The first kappa shape index (κ1) is 10.3. The molecule has 0 aliphatic carbocycles. The molecule has 0 atom stereocenters. The highest BCUT2D eigenvalue weighted by Crippen LogP contribution is 2.07. The minimum atomic E-state index is -2.93. The molecule has 0 aliphatic rings. The van der Waals surface area contributed by atoms with Crippen LogP contribution in [0.25, 0.3) is 0 Å². The monoisotopic (exact) mass is 185 g/mol. The summed E-state index contributed by atoms with van der Waals surface area (Å²) in [7, 11) is 0. The molecule has 0 radical (unpaired) electrons. The van der Waals surface area contributed by atoms with Crippen LogP contribution >= 0.6 is 11.9 Å². The number of alkyl halides is 2. The summed E-state index contributed by atoms with van der Waals surface area (Å²) in [6.45, 7) is -2.93. The zero-order valence-corrected chi connectivity index (χ0v) is 6.12. The lowest BCUT2D eigenvalue weighted by atomic mass is 10.6. The molecule has 0 aromatic heterocycles. The van der Waals surface area contributed by atoms with Crippen LogP contribution in [0.4, 0.5) is 13.2 Å². The molecular formula is C4H6F3N3S. The van der Waals surface area contributed by atoms with Crippen LogP contribution in [-0.4, -0.2) is 12.8 Å². The van der Waals surface area contributed by atoms with Crippen molar-refractivity contribution in [2.75, 3.05) is 0 Å². The number of rotatable bonds is 3. The highest BCUT2D eigenvalue weighted by Gasteiger charge is 2.00. The van der Waals surface area contributed by atoms with Crippen LogP contribution in [0.5, 0.6) is 0 Å². The van der Waals surface area contributed by atoms with E-state index in [4.69, 9.17) is 10.9 Å². The van der Waals surface area contributed by atoms with Crippen LogP contribution in [0.2, 0.25) is 0 Å². The van der Waals surface area contributed by atoms with Crippen LogP contribution < -0.4 is 10.9 Å². The number of nitrogens with two attached hydrogens (primary N) is 2. The van der Waals surface area contributed by atoms with Gasteiger partial charge in [-0.05, 0) is 11.9 Å². The molecule has 0 aromatic carbocycles. The molecular weight excluding hydrogens is 179 g/mol. The zero-order valence-electron chi connectivity index (χ0n) is 5.30. The van der Waals surface area contributed by atoms with E-state index in [1.54, 1.807) is 0 Å². The quantitative estimate of drug-likeness (QED) is 0.391. The standard InChI is InChI=1S/C4H6F3N3S/c5-2(3(8)11-9)1-10-4(6)7/h1,4H,8-9H2/b3-2-,10-1+. The molecule has 0 heterocycles. The van der Waals surface area contributed by atoms with Crippen LogP contribution in [0.1, 0.15) is 0 Å². The molecule has 0 amide bonds. The second-order valence-electron chi connectivity index (χ2n) is 1.39. The van der Waals surface area contributed by atoms with Crippen molar-refractivity contribution >= 4 is 18.2 Å². The average molecular weight is 185 g/mol. The Hall–Kier alpha value is -0.690. The third-order valence-corrected chi connectivity index (χ3v) is 1.11. The fourth-order valence-electron chi connectivity index (χ4n) is 0.242. The van der Waals surface area contributed by atoms with Gasteiger partial charge in [0.05, 0.1) is 6.21 Å². The molecule has 3 nitrogen and oxygen atoms in total.